The molecular formula is C20H21N3. The van der Waals surface area contributed by atoms with Crippen molar-refractivity contribution in [3.63, 3.8) is 0 Å². The van der Waals surface area contributed by atoms with Crippen molar-refractivity contribution in [3.05, 3.63) is 72.1 Å². The topological polar surface area (TPSA) is 29.0 Å². The highest BCUT2D eigenvalue weighted by Gasteiger charge is 2.23. The fourth-order valence-electron chi connectivity index (χ4n) is 3.47. The van der Waals surface area contributed by atoms with E-state index in [9.17, 15) is 0 Å². The van der Waals surface area contributed by atoms with E-state index in [1.165, 1.54) is 24.2 Å². The maximum absolute atomic E-state index is 4.72. The van der Waals surface area contributed by atoms with Crippen LogP contribution in [0.2, 0.25) is 0 Å². The first kappa shape index (κ1) is 14.3. The number of pyridine rings is 2. The van der Waals surface area contributed by atoms with E-state index in [-0.39, 0.29) is 0 Å². The van der Waals surface area contributed by atoms with Crippen LogP contribution >= 0.6 is 0 Å². The average Bonchev–Trinajstić information content (AvgIpc) is 3.02. The summed E-state index contributed by atoms with van der Waals surface area (Å²) in [6, 6.07) is 19.1. The predicted octanol–water partition coefficient (Wildman–Crippen LogP) is 3.69. The molecule has 3 heterocycles. The van der Waals surface area contributed by atoms with E-state index >= 15 is 0 Å². The molecule has 1 unspecified atom stereocenters. The molecule has 0 bridgehead atoms. The number of aromatic nitrogens is 2. The van der Waals surface area contributed by atoms with Crippen molar-refractivity contribution >= 4 is 11.0 Å². The third-order valence-electron chi connectivity index (χ3n) is 4.64. The Morgan fingerprint density at radius 3 is 2.83 bits per heavy atom. The van der Waals surface area contributed by atoms with Gasteiger partial charge in [-0.05, 0) is 55.1 Å². The van der Waals surface area contributed by atoms with Crippen molar-refractivity contribution in [3.8, 4) is 0 Å². The summed E-state index contributed by atoms with van der Waals surface area (Å²) in [5.41, 5.74) is 3.44. The standard InChI is InChI=1S/C20H21N3/c1-2-5-16(6-3-1)14-23-12-10-17(15-23)13-19-9-8-18-7-4-11-21-20(18)22-19/h1-9,11,17H,10,12-15H2. The number of hydrogen-bond donors (Lipinski definition) is 0. The van der Waals surface area contributed by atoms with Gasteiger partial charge in [0.1, 0.15) is 0 Å². The van der Waals surface area contributed by atoms with Crippen LogP contribution < -0.4 is 0 Å². The Bertz CT molecular complexity index is 785. The zero-order valence-electron chi connectivity index (χ0n) is 13.2. The lowest BCUT2D eigenvalue weighted by Gasteiger charge is -2.16. The van der Waals surface area contributed by atoms with Gasteiger partial charge in [0, 0.05) is 30.4 Å². The second-order valence-electron chi connectivity index (χ2n) is 6.43. The smallest absolute Gasteiger partial charge is 0.159 e. The van der Waals surface area contributed by atoms with Crippen LogP contribution in [0.5, 0.6) is 0 Å². The largest absolute Gasteiger partial charge is 0.299 e. The van der Waals surface area contributed by atoms with Gasteiger partial charge in [-0.15, -0.1) is 0 Å². The molecule has 1 aromatic carbocycles. The van der Waals surface area contributed by atoms with Crippen molar-refractivity contribution in [2.45, 2.75) is 19.4 Å². The van der Waals surface area contributed by atoms with Crippen molar-refractivity contribution in [2.24, 2.45) is 5.92 Å². The van der Waals surface area contributed by atoms with Crippen molar-refractivity contribution < 1.29 is 0 Å². The van der Waals surface area contributed by atoms with Crippen LogP contribution in [-0.2, 0) is 13.0 Å². The van der Waals surface area contributed by atoms with E-state index in [0.29, 0.717) is 5.92 Å². The highest BCUT2D eigenvalue weighted by atomic mass is 15.1. The number of hydrogen-bond acceptors (Lipinski definition) is 3. The first-order chi connectivity index (χ1) is 11.4. The summed E-state index contributed by atoms with van der Waals surface area (Å²) in [4.78, 5) is 11.6. The van der Waals surface area contributed by atoms with Crippen LogP contribution in [0.1, 0.15) is 17.7 Å². The minimum Gasteiger partial charge on any atom is -0.299 e. The van der Waals surface area contributed by atoms with E-state index in [1.54, 1.807) is 0 Å². The molecule has 1 aliphatic heterocycles. The molecule has 0 radical (unpaired) electrons. The van der Waals surface area contributed by atoms with Crippen LogP contribution in [0.15, 0.2) is 60.8 Å². The third-order valence-corrected chi connectivity index (χ3v) is 4.64. The molecule has 4 rings (SSSR count). The molecule has 0 amide bonds. The summed E-state index contributed by atoms with van der Waals surface area (Å²) in [6.45, 7) is 3.41. The van der Waals surface area contributed by atoms with Gasteiger partial charge in [0.05, 0.1) is 0 Å². The third kappa shape index (κ3) is 3.40. The Morgan fingerprint density at radius 1 is 1.00 bits per heavy atom. The van der Waals surface area contributed by atoms with E-state index in [0.717, 1.165) is 30.5 Å². The van der Waals surface area contributed by atoms with E-state index in [4.69, 9.17) is 4.98 Å². The summed E-state index contributed by atoms with van der Waals surface area (Å²) in [5, 5.41) is 1.12. The molecule has 1 atom stereocenters. The minimum atomic E-state index is 0.701. The SMILES string of the molecule is c1ccc(CN2CCC(Cc3ccc4cccnc4n3)C2)cc1. The number of nitrogens with zero attached hydrogens (tertiary/aromatic N) is 3. The number of benzene rings is 1. The van der Waals surface area contributed by atoms with Crippen LogP contribution in [0.4, 0.5) is 0 Å². The number of rotatable bonds is 4. The first-order valence-corrected chi connectivity index (χ1v) is 8.34. The monoisotopic (exact) mass is 303 g/mol. The Kier molecular flexibility index (Phi) is 4.03. The molecule has 2 aromatic heterocycles. The molecule has 1 saturated heterocycles. The maximum atomic E-state index is 4.72. The van der Waals surface area contributed by atoms with Gasteiger partial charge in [0.25, 0.3) is 0 Å². The molecule has 3 nitrogen and oxygen atoms in total. The average molecular weight is 303 g/mol. The maximum Gasteiger partial charge on any atom is 0.159 e. The summed E-state index contributed by atoms with van der Waals surface area (Å²) < 4.78 is 0. The molecule has 0 spiro atoms. The van der Waals surface area contributed by atoms with Gasteiger partial charge in [-0.2, -0.15) is 0 Å². The highest BCUT2D eigenvalue weighted by molar-refractivity contribution is 5.74. The van der Waals surface area contributed by atoms with Crippen LogP contribution in [0, 0.1) is 5.92 Å². The Morgan fingerprint density at radius 2 is 1.91 bits per heavy atom. The van der Waals surface area contributed by atoms with Crippen molar-refractivity contribution in [1.29, 1.82) is 0 Å². The summed E-state index contributed by atoms with van der Waals surface area (Å²) in [5.74, 6) is 0.701. The van der Waals surface area contributed by atoms with Gasteiger partial charge >= 0.3 is 0 Å². The first-order valence-electron chi connectivity index (χ1n) is 8.34. The quantitative estimate of drug-likeness (QED) is 0.736. The van der Waals surface area contributed by atoms with Crippen molar-refractivity contribution in [2.75, 3.05) is 13.1 Å². The van der Waals surface area contributed by atoms with Gasteiger partial charge in [0.2, 0.25) is 0 Å². The van der Waals surface area contributed by atoms with Gasteiger partial charge in [-0.1, -0.05) is 30.3 Å². The lowest BCUT2D eigenvalue weighted by molar-refractivity contribution is 0.316. The summed E-state index contributed by atoms with van der Waals surface area (Å²) >= 11 is 0. The van der Waals surface area contributed by atoms with Crippen LogP contribution in [-0.4, -0.2) is 28.0 Å². The van der Waals surface area contributed by atoms with Gasteiger partial charge < -0.3 is 0 Å². The lowest BCUT2D eigenvalue weighted by Crippen LogP contribution is -2.20. The lowest BCUT2D eigenvalue weighted by atomic mass is 10.0. The van der Waals surface area contributed by atoms with E-state index in [1.807, 2.05) is 12.3 Å². The fraction of sp³-hybridized carbons (Fsp3) is 0.300. The van der Waals surface area contributed by atoms with Gasteiger partial charge in [-0.3, -0.25) is 4.90 Å². The van der Waals surface area contributed by atoms with Crippen molar-refractivity contribution in [1.82, 2.24) is 14.9 Å². The fourth-order valence-corrected chi connectivity index (χ4v) is 3.47. The molecule has 23 heavy (non-hydrogen) atoms. The minimum absolute atomic E-state index is 0.701. The van der Waals surface area contributed by atoms with E-state index < -0.39 is 0 Å². The number of fused-ring (bicyclic) bond motifs is 1. The molecule has 116 valence electrons. The van der Waals surface area contributed by atoms with Gasteiger partial charge in [0.15, 0.2) is 5.65 Å². The number of likely N-dealkylation sites (tertiary alicyclic amines) is 1. The molecule has 3 aromatic rings. The van der Waals surface area contributed by atoms with Crippen LogP contribution in [0.25, 0.3) is 11.0 Å². The second-order valence-corrected chi connectivity index (χ2v) is 6.43. The second kappa shape index (κ2) is 6.47. The zero-order chi connectivity index (χ0) is 15.5. The molecule has 3 heteroatoms. The van der Waals surface area contributed by atoms with Crippen LogP contribution in [0.3, 0.4) is 0 Å². The summed E-state index contributed by atoms with van der Waals surface area (Å²) in [7, 11) is 0. The molecule has 0 aliphatic carbocycles. The Hall–Kier alpha value is -2.26. The zero-order valence-corrected chi connectivity index (χ0v) is 13.2. The molecule has 1 aliphatic rings. The Balaban J connectivity index is 1.39. The normalized spacial score (nSPS) is 18.5. The van der Waals surface area contributed by atoms with E-state index in [2.05, 4.69) is 58.4 Å². The highest BCUT2D eigenvalue weighted by Crippen LogP contribution is 2.22. The Labute approximate surface area is 137 Å². The molecule has 0 N–H and O–H groups in total. The predicted molar refractivity (Wildman–Crippen MR) is 93.1 cm³/mol. The molecule has 1 fully saturated rings. The van der Waals surface area contributed by atoms with Gasteiger partial charge in [-0.25, -0.2) is 9.97 Å². The molecular weight excluding hydrogens is 282 g/mol. The summed E-state index contributed by atoms with van der Waals surface area (Å²) in [6.07, 6.45) is 4.13. The molecule has 0 saturated carbocycles.